The van der Waals surface area contributed by atoms with E-state index in [0.29, 0.717) is 18.1 Å². The van der Waals surface area contributed by atoms with Gasteiger partial charge in [0, 0.05) is 32.3 Å². The number of unbranched alkanes of at least 4 members (excludes halogenated alkanes) is 1. The monoisotopic (exact) mass is 405 g/mol. The minimum Gasteiger partial charge on any atom is -0.434 e. The molecule has 5 nitrogen and oxygen atoms in total. The zero-order chi connectivity index (χ0) is 20.7. The van der Waals surface area contributed by atoms with Crippen molar-refractivity contribution in [2.45, 2.75) is 32.4 Å². The zero-order valence-electron chi connectivity index (χ0n) is 16.7. The SMILES string of the molecule is CN=C(NCCCCOCCc1ccccc1)NCc1ccccc1OC(F)F. The average molecular weight is 405 g/mol. The van der Waals surface area contributed by atoms with E-state index < -0.39 is 6.61 Å². The van der Waals surface area contributed by atoms with Gasteiger partial charge in [-0.1, -0.05) is 48.5 Å². The van der Waals surface area contributed by atoms with Gasteiger partial charge in [0.2, 0.25) is 0 Å². The first-order valence-corrected chi connectivity index (χ1v) is 9.78. The van der Waals surface area contributed by atoms with Gasteiger partial charge in [-0.15, -0.1) is 0 Å². The molecule has 0 radical (unpaired) electrons. The third-order valence-corrected chi connectivity index (χ3v) is 4.24. The minimum absolute atomic E-state index is 0.165. The first kappa shape index (κ1) is 22.6. The molecule has 0 aromatic heterocycles. The van der Waals surface area contributed by atoms with Crippen LogP contribution in [0.25, 0.3) is 0 Å². The molecule has 0 aliphatic heterocycles. The molecule has 0 atom stereocenters. The van der Waals surface area contributed by atoms with Crippen molar-refractivity contribution in [1.82, 2.24) is 10.6 Å². The molecule has 0 aliphatic rings. The van der Waals surface area contributed by atoms with Crippen molar-refractivity contribution in [2.24, 2.45) is 4.99 Å². The molecule has 0 saturated carbocycles. The Kier molecular flexibility index (Phi) is 10.5. The van der Waals surface area contributed by atoms with E-state index in [9.17, 15) is 8.78 Å². The number of nitrogens with zero attached hydrogens (tertiary/aromatic N) is 1. The third kappa shape index (κ3) is 9.38. The summed E-state index contributed by atoms with van der Waals surface area (Å²) in [7, 11) is 1.67. The summed E-state index contributed by atoms with van der Waals surface area (Å²) >= 11 is 0. The highest BCUT2D eigenvalue weighted by Crippen LogP contribution is 2.19. The van der Waals surface area contributed by atoms with Crippen LogP contribution in [0.5, 0.6) is 5.75 Å². The Balaban J connectivity index is 1.57. The van der Waals surface area contributed by atoms with Gasteiger partial charge in [0.1, 0.15) is 5.75 Å². The average Bonchev–Trinajstić information content (AvgIpc) is 2.73. The number of benzene rings is 2. The second-order valence-corrected chi connectivity index (χ2v) is 6.39. The number of hydrogen-bond donors (Lipinski definition) is 2. The van der Waals surface area contributed by atoms with Crippen molar-refractivity contribution in [1.29, 1.82) is 0 Å². The molecular formula is C22H29F2N3O2. The predicted octanol–water partition coefficient (Wildman–Crippen LogP) is 3.99. The fourth-order valence-corrected chi connectivity index (χ4v) is 2.73. The summed E-state index contributed by atoms with van der Waals surface area (Å²) in [4.78, 5) is 4.15. The molecule has 0 amide bonds. The van der Waals surface area contributed by atoms with Gasteiger partial charge >= 0.3 is 6.61 Å². The van der Waals surface area contributed by atoms with Crippen LogP contribution in [0, 0.1) is 0 Å². The summed E-state index contributed by atoms with van der Waals surface area (Å²) in [5.41, 5.74) is 1.92. The van der Waals surface area contributed by atoms with E-state index in [-0.39, 0.29) is 5.75 Å². The maximum Gasteiger partial charge on any atom is 0.387 e. The van der Waals surface area contributed by atoms with Crippen molar-refractivity contribution in [3.05, 3.63) is 65.7 Å². The fourth-order valence-electron chi connectivity index (χ4n) is 2.73. The highest BCUT2D eigenvalue weighted by molar-refractivity contribution is 5.79. The van der Waals surface area contributed by atoms with Crippen LogP contribution >= 0.6 is 0 Å². The topological polar surface area (TPSA) is 54.9 Å². The molecule has 2 rings (SSSR count). The van der Waals surface area contributed by atoms with Gasteiger partial charge in [-0.05, 0) is 30.9 Å². The summed E-state index contributed by atoms with van der Waals surface area (Å²) in [6.07, 6.45) is 2.81. The lowest BCUT2D eigenvalue weighted by Gasteiger charge is -2.14. The van der Waals surface area contributed by atoms with Gasteiger partial charge in [0.25, 0.3) is 0 Å². The number of halogens is 2. The molecule has 0 fully saturated rings. The van der Waals surface area contributed by atoms with E-state index in [1.54, 1.807) is 25.2 Å². The van der Waals surface area contributed by atoms with Gasteiger partial charge in [0.15, 0.2) is 5.96 Å². The van der Waals surface area contributed by atoms with Crippen LogP contribution < -0.4 is 15.4 Å². The number of para-hydroxylation sites is 1. The van der Waals surface area contributed by atoms with E-state index in [2.05, 4.69) is 32.5 Å². The summed E-state index contributed by atoms with van der Waals surface area (Å²) in [6.45, 7) is -0.315. The summed E-state index contributed by atoms with van der Waals surface area (Å²) < 4.78 is 35.2. The molecule has 158 valence electrons. The van der Waals surface area contributed by atoms with Crippen LogP contribution in [-0.4, -0.2) is 39.4 Å². The Bertz CT molecular complexity index is 727. The maximum absolute atomic E-state index is 12.5. The van der Waals surface area contributed by atoms with Crippen LogP contribution in [0.4, 0.5) is 8.78 Å². The Morgan fingerprint density at radius 2 is 1.72 bits per heavy atom. The van der Waals surface area contributed by atoms with Crippen LogP contribution in [0.1, 0.15) is 24.0 Å². The predicted molar refractivity (Wildman–Crippen MR) is 111 cm³/mol. The molecule has 0 aliphatic carbocycles. The number of guanidine groups is 1. The number of hydrogen-bond acceptors (Lipinski definition) is 3. The second-order valence-electron chi connectivity index (χ2n) is 6.39. The molecule has 0 heterocycles. The number of alkyl halides is 2. The normalized spacial score (nSPS) is 11.5. The number of nitrogens with one attached hydrogen (secondary N) is 2. The smallest absolute Gasteiger partial charge is 0.387 e. The molecule has 2 aromatic carbocycles. The molecule has 0 unspecified atom stereocenters. The third-order valence-electron chi connectivity index (χ3n) is 4.24. The molecule has 0 bridgehead atoms. The molecular weight excluding hydrogens is 376 g/mol. The zero-order valence-corrected chi connectivity index (χ0v) is 16.7. The van der Waals surface area contributed by atoms with E-state index >= 15 is 0 Å². The van der Waals surface area contributed by atoms with Gasteiger partial charge < -0.3 is 20.1 Å². The van der Waals surface area contributed by atoms with Crippen LogP contribution in [-0.2, 0) is 17.7 Å². The first-order chi connectivity index (χ1) is 14.2. The lowest BCUT2D eigenvalue weighted by molar-refractivity contribution is -0.0504. The van der Waals surface area contributed by atoms with Gasteiger partial charge in [-0.25, -0.2) is 0 Å². The molecule has 0 spiro atoms. The Labute approximate surface area is 171 Å². The minimum atomic E-state index is -2.84. The molecule has 0 saturated heterocycles. The number of aliphatic imine (C=N–C) groups is 1. The highest BCUT2D eigenvalue weighted by atomic mass is 19.3. The van der Waals surface area contributed by atoms with Crippen molar-refractivity contribution in [3.8, 4) is 5.75 Å². The summed E-state index contributed by atoms with van der Waals surface area (Å²) in [6, 6.07) is 17.0. The van der Waals surface area contributed by atoms with Gasteiger partial charge in [0.05, 0.1) is 6.61 Å². The van der Waals surface area contributed by atoms with E-state index in [4.69, 9.17) is 4.74 Å². The number of rotatable bonds is 12. The molecule has 2 aromatic rings. The van der Waals surface area contributed by atoms with E-state index in [0.717, 1.165) is 39.0 Å². The largest absolute Gasteiger partial charge is 0.434 e. The lowest BCUT2D eigenvalue weighted by atomic mass is 10.2. The Hall–Kier alpha value is -2.67. The molecule has 2 N–H and O–H groups in total. The summed E-state index contributed by atoms with van der Waals surface area (Å²) in [5.74, 6) is 0.778. The quantitative estimate of drug-likeness (QED) is 0.319. The standard InChI is InChI=1S/C22H29F2N3O2/c1-25-22(27-17-19-11-5-6-12-20(19)29-21(23)24)26-14-7-8-15-28-16-13-18-9-3-2-4-10-18/h2-6,9-12,21H,7-8,13-17H2,1H3,(H2,25,26,27). The van der Waals surface area contributed by atoms with Crippen molar-refractivity contribution in [2.75, 3.05) is 26.8 Å². The maximum atomic E-state index is 12.5. The van der Waals surface area contributed by atoms with Crippen LogP contribution in [0.2, 0.25) is 0 Å². The van der Waals surface area contributed by atoms with E-state index in [1.807, 2.05) is 18.2 Å². The van der Waals surface area contributed by atoms with Crippen molar-refractivity contribution < 1.29 is 18.3 Å². The van der Waals surface area contributed by atoms with Crippen molar-refractivity contribution in [3.63, 3.8) is 0 Å². The Morgan fingerprint density at radius 1 is 0.966 bits per heavy atom. The Morgan fingerprint density at radius 3 is 2.48 bits per heavy atom. The highest BCUT2D eigenvalue weighted by Gasteiger charge is 2.09. The second kappa shape index (κ2) is 13.5. The van der Waals surface area contributed by atoms with Crippen molar-refractivity contribution >= 4 is 5.96 Å². The first-order valence-electron chi connectivity index (χ1n) is 9.78. The van der Waals surface area contributed by atoms with Crippen LogP contribution in [0.15, 0.2) is 59.6 Å². The molecule has 29 heavy (non-hydrogen) atoms. The summed E-state index contributed by atoms with van der Waals surface area (Å²) in [5, 5.41) is 6.32. The number of ether oxygens (including phenoxy) is 2. The lowest BCUT2D eigenvalue weighted by Crippen LogP contribution is -2.37. The fraction of sp³-hybridized carbons (Fsp3) is 0.409. The van der Waals surface area contributed by atoms with Gasteiger partial charge in [-0.2, -0.15) is 8.78 Å². The van der Waals surface area contributed by atoms with Gasteiger partial charge in [-0.3, -0.25) is 4.99 Å². The van der Waals surface area contributed by atoms with E-state index in [1.165, 1.54) is 11.6 Å². The molecule has 7 heteroatoms. The van der Waals surface area contributed by atoms with Crippen LogP contribution in [0.3, 0.4) is 0 Å².